The summed E-state index contributed by atoms with van der Waals surface area (Å²) >= 11 is -1.55. The minimum Gasteiger partial charge on any atom is -0.610 e. The van der Waals surface area contributed by atoms with Gasteiger partial charge in [-0.3, -0.25) is 0 Å². The van der Waals surface area contributed by atoms with E-state index in [0.29, 0.717) is 28.0 Å². The summed E-state index contributed by atoms with van der Waals surface area (Å²) in [5.41, 5.74) is 0.657. The molecular formula is C24H19F4N3OS. The van der Waals surface area contributed by atoms with Crippen LogP contribution in [0.2, 0.25) is 0 Å². The fourth-order valence-electron chi connectivity index (χ4n) is 3.68. The predicted molar refractivity (Wildman–Crippen MR) is 118 cm³/mol. The minimum atomic E-state index is -4.47. The van der Waals surface area contributed by atoms with Crippen LogP contribution in [0, 0.1) is 19.2 Å². The van der Waals surface area contributed by atoms with Crippen molar-refractivity contribution in [3.8, 4) is 11.1 Å². The number of benzene rings is 2. The third kappa shape index (κ3) is 4.60. The van der Waals surface area contributed by atoms with E-state index in [9.17, 15) is 22.1 Å². The average molecular weight is 473 g/mol. The van der Waals surface area contributed by atoms with Crippen molar-refractivity contribution in [1.29, 1.82) is 0 Å². The van der Waals surface area contributed by atoms with Crippen LogP contribution >= 0.6 is 0 Å². The van der Waals surface area contributed by atoms with Gasteiger partial charge in [-0.05, 0) is 48.4 Å². The maximum Gasteiger partial charge on any atom is 0.416 e. The van der Waals surface area contributed by atoms with Gasteiger partial charge in [0.2, 0.25) is 0 Å². The molecule has 9 heteroatoms. The van der Waals surface area contributed by atoms with E-state index in [0.717, 1.165) is 12.1 Å². The van der Waals surface area contributed by atoms with E-state index in [4.69, 9.17) is 0 Å². The van der Waals surface area contributed by atoms with Gasteiger partial charge in [-0.25, -0.2) is 13.9 Å². The normalized spacial score (nSPS) is 13.5. The Labute approximate surface area is 191 Å². The second-order valence-electron chi connectivity index (χ2n) is 7.89. The molecule has 0 aliphatic carbocycles. The summed E-state index contributed by atoms with van der Waals surface area (Å²) in [6.45, 7) is 6.06. The van der Waals surface area contributed by atoms with Gasteiger partial charge < -0.3 is 4.55 Å². The van der Waals surface area contributed by atoms with Crippen molar-refractivity contribution in [2.24, 2.45) is 0 Å². The summed E-state index contributed by atoms with van der Waals surface area (Å²) in [5.74, 6) is -0.383. The van der Waals surface area contributed by atoms with Crippen LogP contribution in [0.5, 0.6) is 0 Å². The molecule has 1 unspecified atom stereocenters. The first kappa shape index (κ1) is 23.3. The Bertz CT molecular complexity index is 1300. The van der Waals surface area contributed by atoms with Crippen LogP contribution in [0.25, 0.3) is 16.8 Å². The molecule has 33 heavy (non-hydrogen) atoms. The molecule has 0 aliphatic rings. The van der Waals surface area contributed by atoms with Crippen molar-refractivity contribution < 1.29 is 22.1 Å². The first-order valence-corrected chi connectivity index (χ1v) is 11.4. The third-order valence-corrected chi connectivity index (χ3v) is 6.01. The molecular weight excluding hydrogens is 454 g/mol. The van der Waals surface area contributed by atoms with E-state index in [1.54, 1.807) is 24.6 Å². The second-order valence-corrected chi connectivity index (χ2v) is 9.19. The standard InChI is InChI=1S/C24H19F4N3OS/c1-23(2,14-15-5-4-6-18(25)13-15)19-11-12-29-21-20(22(33(3)32)30-31(19)21)16-7-9-17(10-8-16)24(26,27)28/h4-14H,1H2,2-3H3/t23-,33?/m1/s1. The van der Waals surface area contributed by atoms with Gasteiger partial charge in [0, 0.05) is 29.2 Å². The van der Waals surface area contributed by atoms with Gasteiger partial charge in [-0.15, -0.1) is 5.10 Å². The van der Waals surface area contributed by atoms with Crippen molar-refractivity contribution in [1.82, 2.24) is 14.6 Å². The van der Waals surface area contributed by atoms with Crippen molar-refractivity contribution >= 4 is 16.8 Å². The lowest BCUT2D eigenvalue weighted by atomic mass is 9.82. The highest BCUT2D eigenvalue weighted by molar-refractivity contribution is 7.90. The highest BCUT2D eigenvalue weighted by atomic mass is 32.2. The van der Waals surface area contributed by atoms with E-state index in [1.807, 2.05) is 6.92 Å². The molecule has 2 aromatic carbocycles. The molecule has 0 saturated carbocycles. The molecule has 0 spiro atoms. The number of hydrogen-bond donors (Lipinski definition) is 0. The van der Waals surface area contributed by atoms with Gasteiger partial charge in [0.05, 0.1) is 11.3 Å². The zero-order valence-corrected chi connectivity index (χ0v) is 18.5. The summed E-state index contributed by atoms with van der Waals surface area (Å²) in [7, 11) is 0. The van der Waals surface area contributed by atoms with Gasteiger partial charge in [0.25, 0.3) is 5.03 Å². The number of fused-ring (bicyclic) bond motifs is 1. The molecule has 2 aromatic heterocycles. The summed E-state index contributed by atoms with van der Waals surface area (Å²) in [6, 6.07) is 12.3. The van der Waals surface area contributed by atoms with Crippen LogP contribution in [0.15, 0.2) is 65.8 Å². The fraction of sp³-hybridized carbons (Fsp3) is 0.167. The molecule has 4 rings (SSSR count). The Morgan fingerprint density at radius 2 is 1.79 bits per heavy atom. The molecule has 170 valence electrons. The number of hydrogen-bond acceptors (Lipinski definition) is 3. The monoisotopic (exact) mass is 473 g/mol. The minimum absolute atomic E-state index is 0.191. The Balaban J connectivity index is 1.85. The zero-order valence-electron chi connectivity index (χ0n) is 17.7. The van der Waals surface area contributed by atoms with E-state index < -0.39 is 28.3 Å². The first-order chi connectivity index (χ1) is 15.5. The van der Waals surface area contributed by atoms with Crippen molar-refractivity contribution in [3.63, 3.8) is 0 Å². The Kier molecular flexibility index (Phi) is 5.96. The quantitative estimate of drug-likeness (QED) is 0.279. The smallest absolute Gasteiger partial charge is 0.416 e. The lowest BCUT2D eigenvalue weighted by Gasteiger charge is -2.25. The molecule has 0 bridgehead atoms. The summed E-state index contributed by atoms with van der Waals surface area (Å²) in [6.07, 6.45) is 0.277. The van der Waals surface area contributed by atoms with Crippen LogP contribution in [-0.4, -0.2) is 25.4 Å². The van der Waals surface area contributed by atoms with Crippen LogP contribution in [0.1, 0.15) is 23.7 Å². The largest absolute Gasteiger partial charge is 0.610 e. The first-order valence-electron chi connectivity index (χ1n) is 9.83. The highest BCUT2D eigenvalue weighted by Gasteiger charge is 2.32. The Morgan fingerprint density at radius 1 is 1.09 bits per heavy atom. The van der Waals surface area contributed by atoms with Gasteiger partial charge in [0.15, 0.2) is 5.65 Å². The molecule has 0 fully saturated rings. The SMILES string of the molecule is [CH2][C@@](C)([CH]c1cccc(F)c1)c1ccnc2c(-c3ccc(C(F)(F)F)cc3)c([S+](C)[O-])nn12. The van der Waals surface area contributed by atoms with Gasteiger partial charge in [0.1, 0.15) is 17.6 Å². The molecule has 2 radical (unpaired) electrons. The summed E-state index contributed by atoms with van der Waals surface area (Å²) < 4.78 is 66.6. The van der Waals surface area contributed by atoms with Crippen LogP contribution in [0.4, 0.5) is 17.6 Å². The average Bonchev–Trinajstić information content (AvgIpc) is 3.13. The van der Waals surface area contributed by atoms with Crippen LogP contribution < -0.4 is 0 Å². The second kappa shape index (κ2) is 8.46. The van der Waals surface area contributed by atoms with E-state index >= 15 is 0 Å². The number of aromatic nitrogens is 3. The van der Waals surface area contributed by atoms with Gasteiger partial charge in [-0.2, -0.15) is 13.2 Å². The van der Waals surface area contributed by atoms with Crippen LogP contribution in [0.3, 0.4) is 0 Å². The number of halogens is 4. The van der Waals surface area contributed by atoms with Crippen LogP contribution in [-0.2, 0) is 22.8 Å². The molecule has 4 aromatic rings. The molecule has 0 aliphatic heterocycles. The van der Waals surface area contributed by atoms with Gasteiger partial charge in [-0.1, -0.05) is 31.2 Å². The lowest BCUT2D eigenvalue weighted by molar-refractivity contribution is -0.137. The van der Waals surface area contributed by atoms with Gasteiger partial charge >= 0.3 is 6.18 Å². The molecule has 0 saturated heterocycles. The van der Waals surface area contributed by atoms with E-state index in [2.05, 4.69) is 17.0 Å². The Hall–Kier alpha value is -2.91. The van der Waals surface area contributed by atoms with Crippen molar-refractivity contribution in [2.45, 2.75) is 23.5 Å². The fourth-order valence-corrected chi connectivity index (χ4v) is 4.37. The molecule has 2 heterocycles. The van der Waals surface area contributed by atoms with Crippen molar-refractivity contribution in [2.75, 3.05) is 6.26 Å². The summed E-state index contributed by atoms with van der Waals surface area (Å²) in [4.78, 5) is 4.37. The predicted octanol–water partition coefficient (Wildman–Crippen LogP) is 5.64. The molecule has 0 amide bonds. The molecule has 4 nitrogen and oxygen atoms in total. The third-order valence-electron chi connectivity index (χ3n) is 5.18. The van der Waals surface area contributed by atoms with E-state index in [-0.39, 0.29) is 10.8 Å². The topological polar surface area (TPSA) is 53.2 Å². The maximum atomic E-state index is 13.7. The zero-order chi connectivity index (χ0) is 24.0. The molecule has 0 N–H and O–H groups in total. The maximum absolute atomic E-state index is 13.7. The Morgan fingerprint density at radius 3 is 2.39 bits per heavy atom. The van der Waals surface area contributed by atoms with E-state index in [1.165, 1.54) is 41.2 Å². The lowest BCUT2D eigenvalue weighted by Crippen LogP contribution is -2.23. The number of alkyl halides is 3. The number of nitrogens with zero attached hydrogens (tertiary/aromatic N) is 3. The number of rotatable bonds is 5. The molecule has 2 atom stereocenters. The summed E-state index contributed by atoms with van der Waals surface area (Å²) in [5, 5.41) is 4.67. The van der Waals surface area contributed by atoms with Crippen molar-refractivity contribution in [3.05, 3.63) is 96.8 Å². The highest BCUT2D eigenvalue weighted by Crippen LogP contribution is 2.36.